The third kappa shape index (κ3) is 11.9. The predicted octanol–water partition coefficient (Wildman–Crippen LogP) is -1.57. The van der Waals surface area contributed by atoms with E-state index in [4.69, 9.17) is 5.73 Å². The standard InChI is InChI=1S/C11H17N3O6/c1-8(15)13-4-6-19-9(16)2-3-10(17)20-7-5-14-11(12)18/h2-3H,4-7H2,1H3,(H,13,15)(H3,12,14,18)/b3-2+. The molecule has 3 amide bonds. The van der Waals surface area contributed by atoms with Gasteiger partial charge in [-0.1, -0.05) is 0 Å². The van der Waals surface area contributed by atoms with Gasteiger partial charge < -0.3 is 25.8 Å². The summed E-state index contributed by atoms with van der Waals surface area (Å²) < 4.78 is 9.32. The summed E-state index contributed by atoms with van der Waals surface area (Å²) in [7, 11) is 0. The van der Waals surface area contributed by atoms with Crippen molar-refractivity contribution in [2.24, 2.45) is 5.73 Å². The second kappa shape index (κ2) is 10.4. The lowest BCUT2D eigenvalue weighted by Gasteiger charge is -2.03. The van der Waals surface area contributed by atoms with E-state index in [0.29, 0.717) is 0 Å². The van der Waals surface area contributed by atoms with Gasteiger partial charge in [0.1, 0.15) is 13.2 Å². The van der Waals surface area contributed by atoms with Gasteiger partial charge in [-0.05, 0) is 0 Å². The van der Waals surface area contributed by atoms with Gasteiger partial charge in [0.15, 0.2) is 0 Å². The van der Waals surface area contributed by atoms with E-state index in [1.165, 1.54) is 6.92 Å². The second-order valence-electron chi connectivity index (χ2n) is 3.44. The summed E-state index contributed by atoms with van der Waals surface area (Å²) in [5.74, 6) is -1.72. The Balaban J connectivity index is 3.69. The summed E-state index contributed by atoms with van der Waals surface area (Å²) in [6, 6.07) is -0.723. The Morgan fingerprint density at radius 2 is 1.40 bits per heavy atom. The molecule has 0 aliphatic carbocycles. The average molecular weight is 287 g/mol. The van der Waals surface area contributed by atoms with Crippen molar-refractivity contribution in [2.45, 2.75) is 6.92 Å². The molecule has 0 fully saturated rings. The Hall–Kier alpha value is -2.58. The van der Waals surface area contributed by atoms with Gasteiger partial charge in [0, 0.05) is 19.1 Å². The van der Waals surface area contributed by atoms with Crippen molar-refractivity contribution >= 4 is 23.9 Å². The predicted molar refractivity (Wildman–Crippen MR) is 67.3 cm³/mol. The first kappa shape index (κ1) is 17.4. The SMILES string of the molecule is CC(=O)NCCOC(=O)/C=C/C(=O)OCCNC(N)=O. The third-order valence-corrected chi connectivity index (χ3v) is 1.72. The number of nitrogens with one attached hydrogen (secondary N) is 2. The van der Waals surface area contributed by atoms with Gasteiger partial charge in [0.25, 0.3) is 0 Å². The first-order chi connectivity index (χ1) is 9.41. The summed E-state index contributed by atoms with van der Waals surface area (Å²) in [5.41, 5.74) is 4.79. The highest BCUT2D eigenvalue weighted by molar-refractivity contribution is 5.91. The molecular formula is C11H17N3O6. The highest BCUT2D eigenvalue weighted by atomic mass is 16.5. The number of carbonyl (C=O) groups is 4. The van der Waals surface area contributed by atoms with Crippen molar-refractivity contribution in [3.05, 3.63) is 12.2 Å². The summed E-state index contributed by atoms with van der Waals surface area (Å²) in [6.45, 7) is 1.54. The van der Waals surface area contributed by atoms with E-state index in [1.54, 1.807) is 0 Å². The minimum atomic E-state index is -0.755. The van der Waals surface area contributed by atoms with Crippen LogP contribution in [0.3, 0.4) is 0 Å². The number of carbonyl (C=O) groups excluding carboxylic acids is 4. The van der Waals surface area contributed by atoms with Crippen molar-refractivity contribution < 1.29 is 28.7 Å². The number of hydrogen-bond donors (Lipinski definition) is 3. The molecule has 0 saturated heterocycles. The Morgan fingerprint density at radius 3 is 1.80 bits per heavy atom. The van der Waals surface area contributed by atoms with Crippen molar-refractivity contribution in [1.82, 2.24) is 10.6 Å². The van der Waals surface area contributed by atoms with Gasteiger partial charge >= 0.3 is 18.0 Å². The number of primary amides is 1. The van der Waals surface area contributed by atoms with E-state index in [1.807, 2.05) is 0 Å². The molecule has 0 saturated carbocycles. The van der Waals surface area contributed by atoms with E-state index in [9.17, 15) is 19.2 Å². The molecule has 0 aromatic heterocycles. The van der Waals surface area contributed by atoms with Crippen LogP contribution in [0.15, 0.2) is 12.2 Å². The first-order valence-electron chi connectivity index (χ1n) is 5.71. The van der Waals surface area contributed by atoms with Crippen LogP contribution in [0.2, 0.25) is 0 Å². The zero-order valence-corrected chi connectivity index (χ0v) is 11.0. The number of urea groups is 1. The number of esters is 2. The van der Waals surface area contributed by atoms with E-state index in [-0.39, 0.29) is 32.2 Å². The Morgan fingerprint density at radius 1 is 0.950 bits per heavy atom. The van der Waals surface area contributed by atoms with Gasteiger partial charge in [0.2, 0.25) is 5.91 Å². The lowest BCUT2D eigenvalue weighted by Crippen LogP contribution is -2.32. The van der Waals surface area contributed by atoms with Crippen LogP contribution in [0.25, 0.3) is 0 Å². The van der Waals surface area contributed by atoms with Gasteiger partial charge in [0.05, 0.1) is 13.1 Å². The molecule has 0 bridgehead atoms. The lowest BCUT2D eigenvalue weighted by atomic mass is 10.5. The molecular weight excluding hydrogens is 270 g/mol. The van der Waals surface area contributed by atoms with Gasteiger partial charge in [-0.3, -0.25) is 4.79 Å². The third-order valence-electron chi connectivity index (χ3n) is 1.72. The van der Waals surface area contributed by atoms with Crippen LogP contribution in [0.5, 0.6) is 0 Å². The van der Waals surface area contributed by atoms with Crippen LogP contribution in [0.4, 0.5) is 4.79 Å². The largest absolute Gasteiger partial charge is 0.461 e. The molecule has 9 nitrogen and oxygen atoms in total. The smallest absolute Gasteiger partial charge is 0.331 e. The molecule has 4 N–H and O–H groups in total. The fourth-order valence-electron chi connectivity index (χ4n) is 0.937. The average Bonchev–Trinajstić information content (AvgIpc) is 2.37. The van der Waals surface area contributed by atoms with Crippen LogP contribution < -0.4 is 16.4 Å². The molecule has 0 atom stereocenters. The topological polar surface area (TPSA) is 137 Å². The number of nitrogens with two attached hydrogens (primary N) is 1. The fraction of sp³-hybridized carbons (Fsp3) is 0.455. The molecule has 0 radical (unpaired) electrons. The van der Waals surface area contributed by atoms with Gasteiger partial charge in [-0.15, -0.1) is 0 Å². The maximum Gasteiger partial charge on any atom is 0.331 e. The minimum absolute atomic E-state index is 0.000330. The Bertz CT molecular complexity index is 358. The summed E-state index contributed by atoms with van der Waals surface area (Å²) in [5, 5.41) is 4.65. The number of rotatable bonds is 8. The maximum absolute atomic E-state index is 11.1. The number of amides is 3. The van der Waals surface area contributed by atoms with Gasteiger partial charge in [-0.25, -0.2) is 14.4 Å². The highest BCUT2D eigenvalue weighted by Gasteiger charge is 2.01. The molecule has 0 aliphatic heterocycles. The zero-order chi connectivity index (χ0) is 15.4. The van der Waals surface area contributed by atoms with E-state index >= 15 is 0 Å². The van der Waals surface area contributed by atoms with Crippen molar-refractivity contribution in [3.63, 3.8) is 0 Å². The molecule has 9 heteroatoms. The fourth-order valence-corrected chi connectivity index (χ4v) is 0.937. The normalized spacial score (nSPS) is 9.85. The second-order valence-corrected chi connectivity index (χ2v) is 3.44. The molecule has 0 heterocycles. The molecule has 0 spiro atoms. The van der Waals surface area contributed by atoms with E-state index in [0.717, 1.165) is 12.2 Å². The van der Waals surface area contributed by atoms with Crippen molar-refractivity contribution in [1.29, 1.82) is 0 Å². The monoisotopic (exact) mass is 287 g/mol. The Labute approximate surface area is 115 Å². The lowest BCUT2D eigenvalue weighted by molar-refractivity contribution is -0.140. The van der Waals surface area contributed by atoms with Crippen LogP contribution in [-0.2, 0) is 23.9 Å². The summed E-state index contributed by atoms with van der Waals surface area (Å²) in [4.78, 5) is 43.0. The molecule has 0 aliphatic rings. The molecule has 0 aromatic rings. The van der Waals surface area contributed by atoms with E-state index in [2.05, 4.69) is 20.1 Å². The minimum Gasteiger partial charge on any atom is -0.461 e. The Kier molecular flexibility index (Phi) is 9.02. The van der Waals surface area contributed by atoms with E-state index < -0.39 is 18.0 Å². The highest BCUT2D eigenvalue weighted by Crippen LogP contribution is 1.85. The molecule has 20 heavy (non-hydrogen) atoms. The maximum atomic E-state index is 11.1. The van der Waals surface area contributed by atoms with Crippen molar-refractivity contribution in [3.8, 4) is 0 Å². The van der Waals surface area contributed by atoms with Crippen LogP contribution in [0.1, 0.15) is 6.92 Å². The summed E-state index contributed by atoms with van der Waals surface area (Å²) >= 11 is 0. The van der Waals surface area contributed by atoms with Crippen LogP contribution in [-0.4, -0.2) is 50.2 Å². The number of ether oxygens (including phenoxy) is 2. The van der Waals surface area contributed by atoms with Gasteiger partial charge in [-0.2, -0.15) is 0 Å². The van der Waals surface area contributed by atoms with Crippen LogP contribution >= 0.6 is 0 Å². The summed E-state index contributed by atoms with van der Waals surface area (Å²) in [6.07, 6.45) is 1.79. The van der Waals surface area contributed by atoms with Crippen molar-refractivity contribution in [2.75, 3.05) is 26.3 Å². The van der Waals surface area contributed by atoms with Crippen LogP contribution in [0, 0.1) is 0 Å². The first-order valence-corrected chi connectivity index (χ1v) is 5.71. The molecule has 0 unspecified atom stereocenters. The zero-order valence-electron chi connectivity index (χ0n) is 11.0. The number of hydrogen-bond acceptors (Lipinski definition) is 6. The quantitative estimate of drug-likeness (QED) is 0.280. The molecule has 0 aromatic carbocycles. The molecule has 112 valence electrons. The molecule has 0 rings (SSSR count).